The molecule has 3 heteroatoms. The van der Waals surface area contributed by atoms with E-state index in [4.69, 9.17) is 4.74 Å². The van der Waals surface area contributed by atoms with Gasteiger partial charge in [0.1, 0.15) is 0 Å². The van der Waals surface area contributed by atoms with Crippen molar-refractivity contribution >= 4 is 15.9 Å². The Morgan fingerprint density at radius 3 is 2.59 bits per heavy atom. The lowest BCUT2D eigenvalue weighted by molar-refractivity contribution is 0.00685. The van der Waals surface area contributed by atoms with Gasteiger partial charge in [-0.1, -0.05) is 41.1 Å². The topological polar surface area (TPSA) is 21.3 Å². The fourth-order valence-electron chi connectivity index (χ4n) is 1.71. The van der Waals surface area contributed by atoms with Crippen LogP contribution < -0.4 is 5.32 Å². The fraction of sp³-hybridized carbons (Fsp3) is 0.571. The van der Waals surface area contributed by atoms with Crippen LogP contribution in [0.3, 0.4) is 0 Å². The average molecular weight is 300 g/mol. The Balaban J connectivity index is 2.71. The molecule has 17 heavy (non-hydrogen) atoms. The lowest BCUT2D eigenvalue weighted by Crippen LogP contribution is -2.26. The third-order valence-electron chi connectivity index (χ3n) is 2.45. The summed E-state index contributed by atoms with van der Waals surface area (Å²) in [6.07, 6.45) is 1.48. The van der Waals surface area contributed by atoms with Crippen molar-refractivity contribution in [1.29, 1.82) is 0 Å². The Morgan fingerprint density at radius 2 is 2.00 bits per heavy atom. The van der Waals surface area contributed by atoms with Crippen LogP contribution in [0.5, 0.6) is 0 Å². The quantitative estimate of drug-likeness (QED) is 0.771. The number of halogens is 1. The highest BCUT2D eigenvalue weighted by atomic mass is 79.9. The summed E-state index contributed by atoms with van der Waals surface area (Å²) in [6.45, 7) is 8.20. The number of hydrogen-bond acceptors (Lipinski definition) is 2. The Hall–Kier alpha value is -0.380. The molecule has 0 aromatic heterocycles. The number of hydrogen-bond donors (Lipinski definition) is 1. The molecule has 0 fully saturated rings. The Bertz CT molecular complexity index is 328. The van der Waals surface area contributed by atoms with Crippen molar-refractivity contribution in [3.8, 4) is 0 Å². The minimum atomic E-state index is 0.108. The summed E-state index contributed by atoms with van der Waals surface area (Å²) >= 11 is 3.59. The highest BCUT2D eigenvalue weighted by Gasteiger charge is 2.15. The number of ether oxygens (including phenoxy) is 1. The van der Waals surface area contributed by atoms with Gasteiger partial charge in [-0.15, -0.1) is 0 Å². The summed E-state index contributed by atoms with van der Waals surface area (Å²) in [6, 6.07) is 8.26. The first-order valence-corrected chi connectivity index (χ1v) is 7.05. The lowest BCUT2D eigenvalue weighted by atomic mass is 10.1. The molecule has 1 N–H and O–H groups in total. The molecule has 0 radical (unpaired) electrons. The van der Waals surface area contributed by atoms with Gasteiger partial charge >= 0.3 is 0 Å². The maximum atomic E-state index is 5.97. The highest BCUT2D eigenvalue weighted by Crippen LogP contribution is 2.26. The van der Waals surface area contributed by atoms with Gasteiger partial charge in [-0.25, -0.2) is 0 Å². The molecule has 0 aliphatic rings. The van der Waals surface area contributed by atoms with Crippen LogP contribution in [0, 0.1) is 0 Å². The van der Waals surface area contributed by atoms with Gasteiger partial charge in [-0.3, -0.25) is 0 Å². The molecule has 0 aliphatic heterocycles. The minimum absolute atomic E-state index is 0.108. The molecule has 0 aliphatic carbocycles. The predicted octanol–water partition coefficient (Wildman–Crippen LogP) is 3.91. The van der Waals surface area contributed by atoms with E-state index >= 15 is 0 Å². The first-order valence-electron chi connectivity index (χ1n) is 6.25. The van der Waals surface area contributed by atoms with Crippen LogP contribution in [0.4, 0.5) is 0 Å². The zero-order valence-corrected chi connectivity index (χ0v) is 12.5. The molecular weight excluding hydrogens is 278 g/mol. The van der Waals surface area contributed by atoms with Crippen molar-refractivity contribution in [2.24, 2.45) is 0 Å². The van der Waals surface area contributed by atoms with E-state index in [9.17, 15) is 0 Å². The molecule has 2 nitrogen and oxygen atoms in total. The van der Waals surface area contributed by atoms with Crippen LogP contribution in [0.25, 0.3) is 0 Å². The van der Waals surface area contributed by atoms with Gasteiger partial charge in [-0.2, -0.15) is 0 Å². The van der Waals surface area contributed by atoms with Gasteiger partial charge in [0.05, 0.1) is 12.2 Å². The lowest BCUT2D eigenvalue weighted by Gasteiger charge is -2.22. The van der Waals surface area contributed by atoms with Gasteiger partial charge < -0.3 is 10.1 Å². The SMILES string of the molecule is CCCNCC(OC(C)C)c1ccccc1Br. The van der Waals surface area contributed by atoms with Gasteiger partial charge in [0.15, 0.2) is 0 Å². The molecule has 1 atom stereocenters. The van der Waals surface area contributed by atoms with E-state index in [2.05, 4.69) is 60.2 Å². The predicted molar refractivity (Wildman–Crippen MR) is 76.3 cm³/mol. The Morgan fingerprint density at radius 1 is 1.29 bits per heavy atom. The smallest absolute Gasteiger partial charge is 0.0963 e. The van der Waals surface area contributed by atoms with Crippen molar-refractivity contribution in [2.75, 3.05) is 13.1 Å². The molecule has 0 saturated heterocycles. The molecule has 1 rings (SSSR count). The van der Waals surface area contributed by atoms with Gasteiger partial charge in [0, 0.05) is 11.0 Å². The van der Waals surface area contributed by atoms with E-state index in [1.807, 2.05) is 6.07 Å². The minimum Gasteiger partial charge on any atom is -0.369 e. The fourth-order valence-corrected chi connectivity index (χ4v) is 2.25. The zero-order chi connectivity index (χ0) is 12.7. The van der Waals surface area contributed by atoms with E-state index in [0.717, 1.165) is 24.0 Å². The second-order valence-electron chi connectivity index (χ2n) is 4.40. The molecule has 0 saturated carbocycles. The normalized spacial score (nSPS) is 13.0. The van der Waals surface area contributed by atoms with Crippen LogP contribution in [0.1, 0.15) is 38.9 Å². The summed E-state index contributed by atoms with van der Waals surface area (Å²) in [5.41, 5.74) is 1.21. The molecule has 1 aromatic carbocycles. The van der Waals surface area contributed by atoms with Crippen molar-refractivity contribution < 1.29 is 4.74 Å². The summed E-state index contributed by atoms with van der Waals surface area (Å²) in [5, 5.41) is 3.42. The maximum absolute atomic E-state index is 5.97. The largest absolute Gasteiger partial charge is 0.369 e. The maximum Gasteiger partial charge on any atom is 0.0963 e. The van der Waals surface area contributed by atoms with Gasteiger partial charge in [0.2, 0.25) is 0 Å². The molecule has 0 amide bonds. The zero-order valence-electron chi connectivity index (χ0n) is 10.9. The second kappa shape index (κ2) is 7.85. The third kappa shape index (κ3) is 5.19. The Kier molecular flexibility index (Phi) is 6.78. The summed E-state index contributed by atoms with van der Waals surface area (Å²) in [7, 11) is 0. The van der Waals surface area contributed by atoms with Crippen molar-refractivity contribution in [3.05, 3.63) is 34.3 Å². The number of nitrogens with one attached hydrogen (secondary N) is 1. The second-order valence-corrected chi connectivity index (χ2v) is 5.25. The van der Waals surface area contributed by atoms with Crippen molar-refractivity contribution in [1.82, 2.24) is 5.32 Å². The summed E-state index contributed by atoms with van der Waals surface area (Å²) in [4.78, 5) is 0. The van der Waals surface area contributed by atoms with E-state index in [1.165, 1.54) is 5.56 Å². The highest BCUT2D eigenvalue weighted by molar-refractivity contribution is 9.10. The third-order valence-corrected chi connectivity index (χ3v) is 3.17. The average Bonchev–Trinajstić information content (AvgIpc) is 2.28. The van der Waals surface area contributed by atoms with Crippen molar-refractivity contribution in [3.63, 3.8) is 0 Å². The van der Waals surface area contributed by atoms with Gasteiger partial charge in [0.25, 0.3) is 0 Å². The molecule has 96 valence electrons. The van der Waals surface area contributed by atoms with E-state index in [1.54, 1.807) is 0 Å². The van der Waals surface area contributed by atoms with Crippen LogP contribution in [-0.2, 0) is 4.74 Å². The molecule has 0 bridgehead atoms. The molecule has 0 heterocycles. The number of benzene rings is 1. The first kappa shape index (κ1) is 14.7. The van der Waals surface area contributed by atoms with E-state index in [-0.39, 0.29) is 12.2 Å². The molecule has 1 unspecified atom stereocenters. The van der Waals surface area contributed by atoms with Crippen molar-refractivity contribution in [2.45, 2.75) is 39.4 Å². The van der Waals surface area contributed by atoms with Crippen LogP contribution in [0.15, 0.2) is 28.7 Å². The monoisotopic (exact) mass is 299 g/mol. The number of rotatable bonds is 7. The standard InChI is InChI=1S/C14H22BrNO/c1-4-9-16-10-14(17-11(2)3)12-7-5-6-8-13(12)15/h5-8,11,14,16H,4,9-10H2,1-3H3. The van der Waals surface area contributed by atoms with Crippen LogP contribution >= 0.6 is 15.9 Å². The van der Waals surface area contributed by atoms with Crippen LogP contribution in [0.2, 0.25) is 0 Å². The van der Waals surface area contributed by atoms with Crippen LogP contribution in [-0.4, -0.2) is 19.2 Å². The molecule has 1 aromatic rings. The molecule has 0 spiro atoms. The van der Waals surface area contributed by atoms with E-state index < -0.39 is 0 Å². The first-order chi connectivity index (χ1) is 8.15. The summed E-state index contributed by atoms with van der Waals surface area (Å²) in [5.74, 6) is 0. The summed E-state index contributed by atoms with van der Waals surface area (Å²) < 4.78 is 7.09. The van der Waals surface area contributed by atoms with E-state index in [0.29, 0.717) is 0 Å². The van der Waals surface area contributed by atoms with Gasteiger partial charge in [-0.05, 0) is 38.4 Å². The Labute approximate surface area is 113 Å². The molecular formula is C14H22BrNO.